The van der Waals surface area contributed by atoms with E-state index in [1.807, 2.05) is 0 Å². The molecule has 0 saturated carbocycles. The van der Waals surface area contributed by atoms with E-state index >= 15 is 0 Å². The Bertz CT molecular complexity index is 1000. The third kappa shape index (κ3) is 35.6. The molecule has 0 saturated heterocycles. The SMILES string of the molecule is CCCCCCCCCCCCCCCCCC(=O)OCC(COP(=O)(O)OCC(N)C(=O)O)OC(=O)CCCCCCCCCC(O)C(O)CCCCCC. The van der Waals surface area contributed by atoms with Crippen molar-refractivity contribution in [3.8, 4) is 0 Å². The molecule has 0 bridgehead atoms. The van der Waals surface area contributed by atoms with Gasteiger partial charge in [0.05, 0.1) is 25.4 Å². The monoisotopic (exact) mass is 824 g/mol. The van der Waals surface area contributed by atoms with Crippen LogP contribution in [-0.4, -0.2) is 82.3 Å². The number of ether oxygens (including phenoxy) is 2. The molecule has 14 heteroatoms. The maximum atomic E-state index is 12.6. The van der Waals surface area contributed by atoms with E-state index in [1.54, 1.807) is 0 Å². The van der Waals surface area contributed by atoms with Crippen molar-refractivity contribution in [2.45, 2.75) is 231 Å². The molecule has 0 aromatic rings. The Labute approximate surface area is 339 Å². The molecule has 5 atom stereocenters. The standard InChI is InChI=1S/C42H82NO12P/c1-3-5-7-9-10-11-12-13-14-15-16-17-20-23-27-31-40(46)52-33-36(34-53-56(50,51)54-35-37(43)42(48)49)55-41(47)32-28-24-21-18-19-22-26-30-39(45)38(44)29-25-8-6-4-2/h36-39,44-45H,3-35,43H2,1-2H3,(H,48,49)(H,50,51). The van der Waals surface area contributed by atoms with Crippen molar-refractivity contribution in [1.29, 1.82) is 0 Å². The second-order valence-corrected chi connectivity index (χ2v) is 17.0. The maximum Gasteiger partial charge on any atom is 0.472 e. The van der Waals surface area contributed by atoms with Crippen LogP contribution < -0.4 is 5.73 Å². The van der Waals surface area contributed by atoms with E-state index in [2.05, 4.69) is 18.4 Å². The van der Waals surface area contributed by atoms with Crippen molar-refractivity contribution in [2.75, 3.05) is 19.8 Å². The number of carboxylic acids is 1. The Kier molecular flexibility index (Phi) is 36.6. The number of esters is 2. The van der Waals surface area contributed by atoms with Crippen LogP contribution in [0.5, 0.6) is 0 Å². The van der Waals surface area contributed by atoms with Gasteiger partial charge in [-0.15, -0.1) is 0 Å². The highest BCUT2D eigenvalue weighted by atomic mass is 31.2. The number of hydrogen-bond donors (Lipinski definition) is 5. The first-order chi connectivity index (χ1) is 26.9. The van der Waals surface area contributed by atoms with Gasteiger partial charge in [0, 0.05) is 12.8 Å². The molecule has 0 radical (unpaired) electrons. The van der Waals surface area contributed by atoms with Crippen LogP contribution in [0.3, 0.4) is 0 Å². The Balaban J connectivity index is 4.40. The normalized spacial score (nSPS) is 14.8. The van der Waals surface area contributed by atoms with Gasteiger partial charge >= 0.3 is 25.7 Å². The average Bonchev–Trinajstić information content (AvgIpc) is 3.17. The molecule has 5 unspecified atom stereocenters. The summed E-state index contributed by atoms with van der Waals surface area (Å²) in [6.07, 6.45) is 27.6. The van der Waals surface area contributed by atoms with E-state index in [9.17, 15) is 34.1 Å². The molecule has 0 aliphatic heterocycles. The summed E-state index contributed by atoms with van der Waals surface area (Å²) in [5.74, 6) is -2.46. The first kappa shape index (κ1) is 54.4. The molecule has 0 rings (SSSR count). The molecule has 0 spiro atoms. The van der Waals surface area contributed by atoms with Gasteiger partial charge in [-0.2, -0.15) is 0 Å². The summed E-state index contributed by atoms with van der Waals surface area (Å²) >= 11 is 0. The van der Waals surface area contributed by atoms with Crippen LogP contribution in [0.4, 0.5) is 0 Å². The minimum absolute atomic E-state index is 0.104. The lowest BCUT2D eigenvalue weighted by atomic mass is 10.00. The van der Waals surface area contributed by atoms with E-state index in [0.717, 1.165) is 83.5 Å². The molecule has 13 nitrogen and oxygen atoms in total. The molecule has 56 heavy (non-hydrogen) atoms. The summed E-state index contributed by atoms with van der Waals surface area (Å²) in [4.78, 5) is 46.0. The second-order valence-electron chi connectivity index (χ2n) is 15.5. The highest BCUT2D eigenvalue weighted by molar-refractivity contribution is 7.47. The minimum atomic E-state index is -4.74. The summed E-state index contributed by atoms with van der Waals surface area (Å²) < 4.78 is 32.6. The number of unbranched alkanes of at least 4 members (excludes halogenated alkanes) is 23. The fourth-order valence-electron chi connectivity index (χ4n) is 6.39. The Morgan fingerprint density at radius 2 is 0.893 bits per heavy atom. The van der Waals surface area contributed by atoms with Crippen molar-refractivity contribution in [2.24, 2.45) is 5.73 Å². The number of aliphatic carboxylic acids is 1. The van der Waals surface area contributed by atoms with E-state index in [-0.39, 0.29) is 19.4 Å². The molecule has 0 fully saturated rings. The number of carboxylic acid groups (broad SMARTS) is 1. The van der Waals surface area contributed by atoms with Gasteiger partial charge in [-0.05, 0) is 25.7 Å². The predicted molar refractivity (Wildman–Crippen MR) is 220 cm³/mol. The van der Waals surface area contributed by atoms with E-state index < -0.39 is 63.3 Å². The number of carbonyl (C=O) groups is 3. The molecule has 6 N–H and O–H groups in total. The lowest BCUT2D eigenvalue weighted by molar-refractivity contribution is -0.161. The summed E-state index contributed by atoms with van der Waals surface area (Å²) in [7, 11) is -4.74. The maximum absolute atomic E-state index is 12.6. The first-order valence-corrected chi connectivity index (χ1v) is 23.7. The smallest absolute Gasteiger partial charge is 0.472 e. The van der Waals surface area contributed by atoms with Crippen LogP contribution in [0, 0.1) is 0 Å². The molecule has 0 aliphatic carbocycles. The minimum Gasteiger partial charge on any atom is -0.480 e. The highest BCUT2D eigenvalue weighted by Crippen LogP contribution is 2.43. The zero-order valence-electron chi connectivity index (χ0n) is 35.2. The quantitative estimate of drug-likeness (QED) is 0.0221. The lowest BCUT2D eigenvalue weighted by Gasteiger charge is -2.20. The first-order valence-electron chi connectivity index (χ1n) is 22.2. The summed E-state index contributed by atoms with van der Waals surface area (Å²) in [6.45, 7) is 2.63. The molecule has 0 heterocycles. The molecule has 0 aromatic heterocycles. The number of hydrogen-bond acceptors (Lipinski definition) is 11. The topological polar surface area (TPSA) is 212 Å². The third-order valence-corrected chi connectivity index (χ3v) is 11.0. The number of rotatable bonds is 42. The molecule has 0 aliphatic rings. The van der Waals surface area contributed by atoms with Crippen molar-refractivity contribution in [3.63, 3.8) is 0 Å². The zero-order chi connectivity index (χ0) is 41.7. The fraction of sp³-hybridized carbons (Fsp3) is 0.929. The van der Waals surface area contributed by atoms with Gasteiger partial charge in [0.15, 0.2) is 6.10 Å². The van der Waals surface area contributed by atoms with Crippen LogP contribution in [-0.2, 0) is 37.5 Å². The summed E-state index contributed by atoms with van der Waals surface area (Å²) in [5, 5.41) is 29.2. The van der Waals surface area contributed by atoms with Crippen molar-refractivity contribution in [3.05, 3.63) is 0 Å². The molecule has 0 amide bonds. The average molecular weight is 824 g/mol. The van der Waals surface area contributed by atoms with Gasteiger partial charge in [0.1, 0.15) is 12.6 Å². The highest BCUT2D eigenvalue weighted by Gasteiger charge is 2.28. The van der Waals surface area contributed by atoms with Gasteiger partial charge < -0.3 is 35.4 Å². The molecular formula is C42H82NO12P. The van der Waals surface area contributed by atoms with Crippen molar-refractivity contribution in [1.82, 2.24) is 0 Å². The van der Waals surface area contributed by atoms with Gasteiger partial charge in [-0.3, -0.25) is 23.4 Å². The van der Waals surface area contributed by atoms with Crippen LogP contribution in [0.2, 0.25) is 0 Å². The Hall–Kier alpha value is -1.60. The lowest BCUT2D eigenvalue weighted by Crippen LogP contribution is -2.34. The Morgan fingerprint density at radius 3 is 1.32 bits per heavy atom. The van der Waals surface area contributed by atoms with Gasteiger partial charge in [-0.1, -0.05) is 168 Å². The molecule has 332 valence electrons. The Morgan fingerprint density at radius 1 is 0.536 bits per heavy atom. The largest absolute Gasteiger partial charge is 0.480 e. The van der Waals surface area contributed by atoms with E-state index in [4.69, 9.17) is 24.8 Å². The van der Waals surface area contributed by atoms with Crippen molar-refractivity contribution >= 4 is 25.7 Å². The third-order valence-electron chi connectivity index (χ3n) is 10.0. The predicted octanol–water partition coefficient (Wildman–Crippen LogP) is 9.45. The summed E-state index contributed by atoms with van der Waals surface area (Å²) in [6, 6.07) is -1.54. The number of phosphoric ester groups is 1. The van der Waals surface area contributed by atoms with E-state index in [0.29, 0.717) is 25.7 Å². The van der Waals surface area contributed by atoms with Crippen LogP contribution in [0.25, 0.3) is 0 Å². The van der Waals surface area contributed by atoms with Gasteiger partial charge in [-0.25, -0.2) is 4.57 Å². The van der Waals surface area contributed by atoms with Crippen LogP contribution >= 0.6 is 7.82 Å². The summed E-state index contributed by atoms with van der Waals surface area (Å²) in [5.41, 5.74) is 5.32. The number of aliphatic hydroxyl groups excluding tert-OH is 2. The second kappa shape index (κ2) is 37.7. The van der Waals surface area contributed by atoms with Crippen molar-refractivity contribution < 1.29 is 57.7 Å². The number of phosphoric acid groups is 1. The molecule has 0 aromatic carbocycles. The fourth-order valence-corrected chi connectivity index (χ4v) is 7.17. The number of carbonyl (C=O) groups excluding carboxylic acids is 2. The van der Waals surface area contributed by atoms with Gasteiger partial charge in [0.2, 0.25) is 0 Å². The number of aliphatic hydroxyl groups is 2. The van der Waals surface area contributed by atoms with E-state index in [1.165, 1.54) is 70.6 Å². The number of nitrogens with two attached hydrogens (primary N) is 1. The van der Waals surface area contributed by atoms with Crippen LogP contribution in [0.15, 0.2) is 0 Å². The zero-order valence-corrected chi connectivity index (χ0v) is 36.1. The van der Waals surface area contributed by atoms with Gasteiger partial charge in [0.25, 0.3) is 0 Å². The van der Waals surface area contributed by atoms with Crippen LogP contribution in [0.1, 0.15) is 206 Å². The molecular weight excluding hydrogens is 741 g/mol.